The molecule has 0 amide bonds. The number of aryl methyl sites for hydroxylation is 1. The number of nitrogens with zero attached hydrogens (tertiary/aromatic N) is 2. The molecule has 0 bridgehead atoms. The quantitative estimate of drug-likeness (QED) is 0.711. The lowest BCUT2D eigenvalue weighted by molar-refractivity contribution is 0.582. The zero-order chi connectivity index (χ0) is 11.0. The van der Waals surface area contributed by atoms with Crippen LogP contribution in [0, 0.1) is 6.92 Å². The second kappa shape index (κ2) is 3.50. The third kappa shape index (κ3) is 1.65. The van der Waals surface area contributed by atoms with E-state index in [0.717, 1.165) is 10.9 Å². The van der Waals surface area contributed by atoms with E-state index in [1.54, 1.807) is 10.8 Å². The van der Waals surface area contributed by atoms with Crippen molar-refractivity contribution in [3.63, 3.8) is 0 Å². The van der Waals surface area contributed by atoms with Gasteiger partial charge in [0.25, 0.3) is 5.56 Å². The number of pyridine rings is 2. The predicted octanol–water partition coefficient (Wildman–Crippen LogP) is 2.29. The van der Waals surface area contributed by atoms with Gasteiger partial charge in [-0.3, -0.25) is 9.78 Å². The second-order valence-electron chi connectivity index (χ2n) is 4.07. The van der Waals surface area contributed by atoms with Crippen LogP contribution in [-0.4, -0.2) is 9.55 Å². The molecule has 2 aromatic rings. The molecule has 0 saturated heterocycles. The minimum absolute atomic E-state index is 0.0116. The Morgan fingerprint density at radius 3 is 2.80 bits per heavy atom. The van der Waals surface area contributed by atoms with Gasteiger partial charge in [0.1, 0.15) is 5.52 Å². The van der Waals surface area contributed by atoms with Crippen molar-refractivity contribution in [1.29, 1.82) is 0 Å². The third-order valence-electron chi connectivity index (χ3n) is 2.46. The molecule has 0 aliphatic heterocycles. The maximum absolute atomic E-state index is 12.0. The molecule has 0 aliphatic carbocycles. The first kappa shape index (κ1) is 9.90. The molecule has 2 aromatic heterocycles. The van der Waals surface area contributed by atoms with Gasteiger partial charge in [-0.2, -0.15) is 0 Å². The summed E-state index contributed by atoms with van der Waals surface area (Å²) in [6.45, 7) is 5.95. The monoisotopic (exact) mass is 202 g/mol. The van der Waals surface area contributed by atoms with Crippen molar-refractivity contribution in [2.45, 2.75) is 26.8 Å². The highest BCUT2D eigenvalue weighted by molar-refractivity contribution is 5.77. The summed E-state index contributed by atoms with van der Waals surface area (Å²) in [4.78, 5) is 16.2. The molecule has 0 aromatic carbocycles. The number of fused-ring (bicyclic) bond motifs is 1. The average Bonchev–Trinajstić information content (AvgIpc) is 2.17. The Balaban J connectivity index is 2.80. The van der Waals surface area contributed by atoms with Crippen molar-refractivity contribution >= 4 is 10.9 Å². The van der Waals surface area contributed by atoms with Gasteiger partial charge in [-0.25, -0.2) is 0 Å². The summed E-state index contributed by atoms with van der Waals surface area (Å²) in [5.41, 5.74) is 1.61. The molecule has 0 atom stereocenters. The fourth-order valence-corrected chi connectivity index (χ4v) is 1.65. The highest BCUT2D eigenvalue weighted by Gasteiger charge is 2.05. The van der Waals surface area contributed by atoms with Crippen LogP contribution in [0.3, 0.4) is 0 Å². The molecule has 0 N–H and O–H groups in total. The maximum atomic E-state index is 12.0. The van der Waals surface area contributed by atoms with Gasteiger partial charge in [-0.15, -0.1) is 0 Å². The van der Waals surface area contributed by atoms with E-state index in [-0.39, 0.29) is 11.6 Å². The van der Waals surface area contributed by atoms with Crippen LogP contribution in [0.1, 0.15) is 25.5 Å². The number of hydrogen-bond acceptors (Lipinski definition) is 2. The van der Waals surface area contributed by atoms with Crippen LogP contribution in [0.25, 0.3) is 10.9 Å². The van der Waals surface area contributed by atoms with Crippen molar-refractivity contribution in [2.75, 3.05) is 0 Å². The van der Waals surface area contributed by atoms with Crippen LogP contribution >= 0.6 is 0 Å². The van der Waals surface area contributed by atoms with Crippen molar-refractivity contribution in [3.05, 3.63) is 40.4 Å². The van der Waals surface area contributed by atoms with Gasteiger partial charge >= 0.3 is 0 Å². The van der Waals surface area contributed by atoms with Gasteiger partial charge in [0.05, 0.1) is 0 Å². The molecule has 0 saturated carbocycles. The molecule has 0 aliphatic rings. The first-order valence-electron chi connectivity index (χ1n) is 5.07. The van der Waals surface area contributed by atoms with E-state index in [1.807, 2.05) is 39.1 Å². The van der Waals surface area contributed by atoms with Crippen molar-refractivity contribution in [1.82, 2.24) is 9.55 Å². The van der Waals surface area contributed by atoms with Gasteiger partial charge in [-0.05, 0) is 38.5 Å². The molecule has 3 heteroatoms. The van der Waals surface area contributed by atoms with Crippen molar-refractivity contribution in [3.8, 4) is 0 Å². The SMILES string of the molecule is Cc1cnc2c(=O)n(C(C)C)ccc2c1. The Morgan fingerprint density at radius 1 is 1.40 bits per heavy atom. The van der Waals surface area contributed by atoms with E-state index in [4.69, 9.17) is 0 Å². The normalized spacial score (nSPS) is 11.2. The molecular formula is C12H14N2O. The van der Waals surface area contributed by atoms with Crippen LogP contribution in [0.15, 0.2) is 29.3 Å². The largest absolute Gasteiger partial charge is 0.311 e. The minimum atomic E-state index is -0.0116. The zero-order valence-electron chi connectivity index (χ0n) is 9.19. The highest BCUT2D eigenvalue weighted by atomic mass is 16.1. The maximum Gasteiger partial charge on any atom is 0.277 e. The van der Waals surface area contributed by atoms with Crippen LogP contribution in [0.4, 0.5) is 0 Å². The molecule has 0 fully saturated rings. The van der Waals surface area contributed by atoms with Crippen molar-refractivity contribution in [2.24, 2.45) is 0 Å². The molecule has 78 valence electrons. The molecule has 2 heterocycles. The second-order valence-corrected chi connectivity index (χ2v) is 4.07. The number of hydrogen-bond donors (Lipinski definition) is 0. The van der Waals surface area contributed by atoms with E-state index in [9.17, 15) is 4.79 Å². The Hall–Kier alpha value is -1.64. The Labute approximate surface area is 88.4 Å². The summed E-state index contributed by atoms with van der Waals surface area (Å²) >= 11 is 0. The van der Waals surface area contributed by atoms with Gasteiger partial charge in [0.15, 0.2) is 0 Å². The summed E-state index contributed by atoms with van der Waals surface area (Å²) < 4.78 is 1.70. The fraction of sp³-hybridized carbons (Fsp3) is 0.333. The molecule has 0 unspecified atom stereocenters. The van der Waals surface area contributed by atoms with E-state index in [2.05, 4.69) is 4.98 Å². The molecule has 0 radical (unpaired) electrons. The molecule has 0 spiro atoms. The lowest BCUT2D eigenvalue weighted by Gasteiger charge is -2.10. The van der Waals surface area contributed by atoms with Gasteiger partial charge < -0.3 is 4.57 Å². The lowest BCUT2D eigenvalue weighted by atomic mass is 10.2. The molecular weight excluding hydrogens is 188 g/mol. The summed E-state index contributed by atoms with van der Waals surface area (Å²) in [7, 11) is 0. The van der Waals surface area contributed by atoms with Crippen LogP contribution in [0.5, 0.6) is 0 Å². The highest BCUT2D eigenvalue weighted by Crippen LogP contribution is 2.10. The Bertz CT molecular complexity index is 555. The standard InChI is InChI=1S/C12H14N2O/c1-8(2)14-5-4-10-6-9(3)7-13-11(10)12(14)15/h4-8H,1-3H3. The van der Waals surface area contributed by atoms with Gasteiger partial charge in [0.2, 0.25) is 0 Å². The summed E-state index contributed by atoms with van der Waals surface area (Å²) in [6, 6.07) is 4.09. The average molecular weight is 202 g/mol. The summed E-state index contributed by atoms with van der Waals surface area (Å²) in [5.74, 6) is 0. The Morgan fingerprint density at radius 2 is 2.13 bits per heavy atom. The lowest BCUT2D eigenvalue weighted by Crippen LogP contribution is -2.21. The summed E-state index contributed by atoms with van der Waals surface area (Å²) in [6.07, 6.45) is 3.56. The summed E-state index contributed by atoms with van der Waals surface area (Å²) in [5, 5.41) is 0.914. The van der Waals surface area contributed by atoms with Crippen LogP contribution < -0.4 is 5.56 Å². The third-order valence-corrected chi connectivity index (χ3v) is 2.46. The van der Waals surface area contributed by atoms with Crippen LogP contribution in [-0.2, 0) is 0 Å². The van der Waals surface area contributed by atoms with Crippen molar-refractivity contribution < 1.29 is 0 Å². The smallest absolute Gasteiger partial charge is 0.277 e. The van der Waals surface area contributed by atoms with E-state index in [0.29, 0.717) is 5.52 Å². The van der Waals surface area contributed by atoms with E-state index >= 15 is 0 Å². The van der Waals surface area contributed by atoms with E-state index < -0.39 is 0 Å². The first-order valence-corrected chi connectivity index (χ1v) is 5.07. The van der Waals surface area contributed by atoms with Gasteiger partial charge in [-0.1, -0.05) is 0 Å². The van der Waals surface area contributed by atoms with E-state index in [1.165, 1.54) is 0 Å². The fourth-order valence-electron chi connectivity index (χ4n) is 1.65. The minimum Gasteiger partial charge on any atom is -0.311 e. The molecule has 15 heavy (non-hydrogen) atoms. The molecule has 2 rings (SSSR count). The first-order chi connectivity index (χ1) is 7.09. The zero-order valence-corrected chi connectivity index (χ0v) is 9.19. The number of aromatic nitrogens is 2. The van der Waals surface area contributed by atoms with Gasteiger partial charge in [0, 0.05) is 23.8 Å². The Kier molecular flexibility index (Phi) is 2.31. The number of rotatable bonds is 1. The molecule has 3 nitrogen and oxygen atoms in total. The topological polar surface area (TPSA) is 34.9 Å². The predicted molar refractivity (Wildman–Crippen MR) is 61.1 cm³/mol. The van der Waals surface area contributed by atoms with Crippen LogP contribution in [0.2, 0.25) is 0 Å².